The lowest BCUT2D eigenvalue weighted by molar-refractivity contribution is -0.141. The lowest BCUT2D eigenvalue weighted by Crippen LogP contribution is -1.99. The molecule has 2 heteroatoms. The second-order valence-corrected chi connectivity index (χ2v) is 3.65. The molecule has 1 atom stereocenters. The Bertz CT molecular complexity index is 173. The van der Waals surface area contributed by atoms with Crippen molar-refractivity contribution in [3.63, 3.8) is 0 Å². The number of carbonyl (C=O) groups excluding carboxylic acids is 1. The lowest BCUT2D eigenvalue weighted by atomic mass is 10.1. The van der Waals surface area contributed by atoms with Gasteiger partial charge in [0.1, 0.15) is 0 Å². The third-order valence-electron chi connectivity index (χ3n) is 2.18. The third-order valence-corrected chi connectivity index (χ3v) is 2.18. The summed E-state index contributed by atoms with van der Waals surface area (Å²) in [4.78, 5) is 10.4. The van der Waals surface area contributed by atoms with Gasteiger partial charge in [0.05, 0.1) is 6.61 Å². The van der Waals surface area contributed by atoms with Gasteiger partial charge in [-0.3, -0.25) is 4.79 Å². The Morgan fingerprint density at radius 3 is 2.71 bits per heavy atom. The van der Waals surface area contributed by atoms with E-state index in [1.165, 1.54) is 13.3 Å². The van der Waals surface area contributed by atoms with E-state index in [2.05, 4.69) is 26.0 Å². The number of esters is 1. The van der Waals surface area contributed by atoms with Crippen LogP contribution in [0, 0.1) is 5.92 Å². The van der Waals surface area contributed by atoms with Gasteiger partial charge in [-0.05, 0) is 25.2 Å². The average molecular weight is 198 g/mol. The number of hydrogen-bond acceptors (Lipinski definition) is 2. The highest BCUT2D eigenvalue weighted by Gasteiger charge is 1.92. The van der Waals surface area contributed by atoms with E-state index >= 15 is 0 Å². The molecule has 82 valence electrons. The summed E-state index contributed by atoms with van der Waals surface area (Å²) in [5, 5.41) is 0. The fourth-order valence-corrected chi connectivity index (χ4v) is 1.04. The van der Waals surface area contributed by atoms with Gasteiger partial charge in [0.15, 0.2) is 0 Å². The second-order valence-electron chi connectivity index (χ2n) is 3.65. The highest BCUT2D eigenvalue weighted by molar-refractivity contribution is 5.65. The molecule has 14 heavy (non-hydrogen) atoms. The fraction of sp³-hybridized carbons (Fsp3) is 0.750. The Balaban J connectivity index is 3.21. The van der Waals surface area contributed by atoms with E-state index in [9.17, 15) is 4.79 Å². The minimum atomic E-state index is -0.180. The predicted molar refractivity (Wildman–Crippen MR) is 59.1 cm³/mol. The van der Waals surface area contributed by atoms with Crippen LogP contribution < -0.4 is 0 Å². The summed E-state index contributed by atoms with van der Waals surface area (Å²) in [5.74, 6) is 0.503. The summed E-state index contributed by atoms with van der Waals surface area (Å²) in [7, 11) is 0. The predicted octanol–water partition coefficient (Wildman–Crippen LogP) is 3.32. The van der Waals surface area contributed by atoms with Crippen LogP contribution in [0.2, 0.25) is 0 Å². The minimum absolute atomic E-state index is 0.180. The van der Waals surface area contributed by atoms with E-state index in [0.29, 0.717) is 12.5 Å². The van der Waals surface area contributed by atoms with Gasteiger partial charge in [-0.2, -0.15) is 0 Å². The van der Waals surface area contributed by atoms with Crippen molar-refractivity contribution in [2.45, 2.75) is 46.5 Å². The zero-order valence-electron chi connectivity index (χ0n) is 9.58. The van der Waals surface area contributed by atoms with Crippen LogP contribution in [0.25, 0.3) is 0 Å². The molecule has 0 aromatic carbocycles. The average Bonchev–Trinajstić information content (AvgIpc) is 2.15. The molecule has 0 rings (SSSR count). The molecule has 0 heterocycles. The molecule has 0 fully saturated rings. The van der Waals surface area contributed by atoms with Crippen LogP contribution in [0.3, 0.4) is 0 Å². The van der Waals surface area contributed by atoms with E-state index in [1.54, 1.807) is 0 Å². The highest BCUT2D eigenvalue weighted by Crippen LogP contribution is 2.04. The summed E-state index contributed by atoms with van der Waals surface area (Å²) in [6.07, 6.45) is 8.83. The largest absolute Gasteiger partial charge is 0.466 e. The van der Waals surface area contributed by atoms with Crippen molar-refractivity contribution in [2.75, 3.05) is 6.61 Å². The number of hydrogen-bond donors (Lipinski definition) is 0. The fourth-order valence-electron chi connectivity index (χ4n) is 1.04. The first kappa shape index (κ1) is 13.2. The van der Waals surface area contributed by atoms with Crippen LogP contribution >= 0.6 is 0 Å². The zero-order valence-corrected chi connectivity index (χ0v) is 9.58. The normalized spacial score (nSPS) is 13.1. The standard InChI is InChI=1S/C12H22O2/c1-4-11(2)9-7-5-6-8-10-14-12(3)13/h7,9,11H,4-6,8,10H2,1-3H3/b9-7-. The van der Waals surface area contributed by atoms with Gasteiger partial charge in [-0.15, -0.1) is 0 Å². The van der Waals surface area contributed by atoms with E-state index in [-0.39, 0.29) is 5.97 Å². The molecule has 0 radical (unpaired) electrons. The number of allylic oxidation sites excluding steroid dienone is 2. The molecule has 0 aliphatic rings. The van der Waals surface area contributed by atoms with E-state index in [4.69, 9.17) is 4.74 Å². The van der Waals surface area contributed by atoms with E-state index < -0.39 is 0 Å². The lowest BCUT2D eigenvalue weighted by Gasteiger charge is -2.01. The number of carbonyl (C=O) groups is 1. The van der Waals surface area contributed by atoms with Crippen LogP contribution in [0.5, 0.6) is 0 Å². The van der Waals surface area contributed by atoms with Crippen molar-refractivity contribution in [2.24, 2.45) is 5.92 Å². The van der Waals surface area contributed by atoms with Gasteiger partial charge < -0.3 is 4.74 Å². The Labute approximate surface area is 87.3 Å². The van der Waals surface area contributed by atoms with Gasteiger partial charge in [0, 0.05) is 6.92 Å². The molecule has 0 aliphatic carbocycles. The van der Waals surface area contributed by atoms with Gasteiger partial charge in [-0.25, -0.2) is 0 Å². The summed E-state index contributed by atoms with van der Waals surface area (Å²) in [6.45, 7) is 6.42. The first-order chi connectivity index (χ1) is 6.66. The smallest absolute Gasteiger partial charge is 0.302 e. The molecule has 0 aromatic rings. The van der Waals surface area contributed by atoms with Crippen LogP contribution in [0.1, 0.15) is 46.5 Å². The molecule has 0 saturated heterocycles. The van der Waals surface area contributed by atoms with Crippen molar-refractivity contribution in [3.05, 3.63) is 12.2 Å². The number of rotatable bonds is 7. The Kier molecular flexibility index (Phi) is 8.30. The quantitative estimate of drug-likeness (QED) is 0.356. The Morgan fingerprint density at radius 2 is 2.14 bits per heavy atom. The highest BCUT2D eigenvalue weighted by atomic mass is 16.5. The van der Waals surface area contributed by atoms with Crippen LogP contribution in [0.4, 0.5) is 0 Å². The zero-order chi connectivity index (χ0) is 10.8. The summed E-state index contributed by atoms with van der Waals surface area (Å²) in [6, 6.07) is 0. The molecule has 2 nitrogen and oxygen atoms in total. The summed E-state index contributed by atoms with van der Waals surface area (Å²) < 4.78 is 4.83. The summed E-state index contributed by atoms with van der Waals surface area (Å²) >= 11 is 0. The molecule has 0 spiro atoms. The van der Waals surface area contributed by atoms with Gasteiger partial charge in [0.25, 0.3) is 0 Å². The number of ether oxygens (including phenoxy) is 1. The van der Waals surface area contributed by atoms with E-state index in [0.717, 1.165) is 19.3 Å². The molecular weight excluding hydrogens is 176 g/mol. The Morgan fingerprint density at radius 1 is 1.43 bits per heavy atom. The minimum Gasteiger partial charge on any atom is -0.466 e. The number of unbranched alkanes of at least 4 members (excludes halogenated alkanes) is 2. The van der Waals surface area contributed by atoms with Gasteiger partial charge >= 0.3 is 5.97 Å². The van der Waals surface area contributed by atoms with Crippen molar-refractivity contribution in [1.29, 1.82) is 0 Å². The van der Waals surface area contributed by atoms with Crippen LogP contribution in [-0.4, -0.2) is 12.6 Å². The third kappa shape index (κ3) is 9.30. The first-order valence-corrected chi connectivity index (χ1v) is 5.46. The van der Waals surface area contributed by atoms with Gasteiger partial charge in [0.2, 0.25) is 0 Å². The second kappa shape index (κ2) is 8.79. The molecule has 0 aromatic heterocycles. The molecule has 0 bridgehead atoms. The molecule has 1 unspecified atom stereocenters. The maximum absolute atomic E-state index is 10.4. The van der Waals surface area contributed by atoms with Crippen molar-refractivity contribution >= 4 is 5.97 Å². The molecular formula is C12H22O2. The maximum Gasteiger partial charge on any atom is 0.302 e. The Hall–Kier alpha value is -0.790. The molecule has 0 aliphatic heterocycles. The topological polar surface area (TPSA) is 26.3 Å². The van der Waals surface area contributed by atoms with E-state index in [1.807, 2.05) is 0 Å². The SMILES string of the molecule is CCC(C)/C=C\CCCCOC(C)=O. The maximum atomic E-state index is 10.4. The molecule has 0 amide bonds. The first-order valence-electron chi connectivity index (χ1n) is 5.46. The monoisotopic (exact) mass is 198 g/mol. The van der Waals surface area contributed by atoms with Crippen molar-refractivity contribution in [3.8, 4) is 0 Å². The van der Waals surface area contributed by atoms with Crippen molar-refractivity contribution in [1.82, 2.24) is 0 Å². The molecule has 0 saturated carbocycles. The van der Waals surface area contributed by atoms with Gasteiger partial charge in [-0.1, -0.05) is 32.4 Å². The summed E-state index contributed by atoms with van der Waals surface area (Å²) in [5.41, 5.74) is 0. The molecule has 0 N–H and O–H groups in total. The van der Waals surface area contributed by atoms with Crippen molar-refractivity contribution < 1.29 is 9.53 Å². The van der Waals surface area contributed by atoms with Crippen LogP contribution in [0.15, 0.2) is 12.2 Å². The van der Waals surface area contributed by atoms with Crippen LogP contribution in [-0.2, 0) is 9.53 Å².